The van der Waals surface area contributed by atoms with Crippen LogP contribution in [0.15, 0.2) is 66.9 Å². The van der Waals surface area contributed by atoms with Gasteiger partial charge < -0.3 is 10.6 Å². The van der Waals surface area contributed by atoms with E-state index in [1.165, 1.54) is 18.3 Å². The Morgan fingerprint density at radius 3 is 1.75 bits per heavy atom. The number of hydrogen-bond acceptors (Lipinski definition) is 5. The van der Waals surface area contributed by atoms with E-state index >= 15 is 0 Å². The normalized spacial score (nSPS) is 9.64. The van der Waals surface area contributed by atoms with Crippen LogP contribution in [0.5, 0.6) is 0 Å². The molecule has 3 aromatic rings. The topological polar surface area (TPSA) is 119 Å². The van der Waals surface area contributed by atoms with Crippen molar-refractivity contribution in [1.82, 2.24) is 4.98 Å². The van der Waals surface area contributed by atoms with Crippen molar-refractivity contribution in [2.75, 3.05) is 10.6 Å². The SMILES string of the molecule is N#Cc1ccc(NC(=O)c2ccnc(C(=O)Nc3ccc(C#N)cc3)c2)cc1. The van der Waals surface area contributed by atoms with E-state index in [0.29, 0.717) is 22.5 Å². The van der Waals surface area contributed by atoms with E-state index in [0.717, 1.165) is 0 Å². The standard InChI is InChI=1S/C21H13N5O2/c22-12-14-1-5-17(6-2-14)25-20(27)16-9-10-24-19(11-16)21(28)26-18-7-3-15(13-23)4-8-18/h1-11H,(H,25,27)(H,26,28). The van der Waals surface area contributed by atoms with Crippen LogP contribution < -0.4 is 10.6 Å². The minimum Gasteiger partial charge on any atom is -0.322 e. The summed E-state index contributed by atoms with van der Waals surface area (Å²) in [4.78, 5) is 28.8. The Morgan fingerprint density at radius 2 is 1.25 bits per heavy atom. The molecule has 0 saturated carbocycles. The molecule has 2 amide bonds. The van der Waals surface area contributed by atoms with Gasteiger partial charge in [-0.3, -0.25) is 14.6 Å². The zero-order chi connectivity index (χ0) is 19.9. The average molecular weight is 367 g/mol. The maximum atomic E-state index is 12.4. The second kappa shape index (κ2) is 8.26. The molecule has 0 aliphatic carbocycles. The molecular formula is C21H13N5O2. The summed E-state index contributed by atoms with van der Waals surface area (Å²) < 4.78 is 0. The first-order valence-corrected chi connectivity index (χ1v) is 8.18. The fourth-order valence-corrected chi connectivity index (χ4v) is 2.35. The van der Waals surface area contributed by atoms with E-state index < -0.39 is 11.8 Å². The fourth-order valence-electron chi connectivity index (χ4n) is 2.35. The first-order chi connectivity index (χ1) is 13.6. The monoisotopic (exact) mass is 367 g/mol. The van der Waals surface area contributed by atoms with Crippen LogP contribution in [-0.2, 0) is 0 Å². The molecule has 7 nitrogen and oxygen atoms in total. The van der Waals surface area contributed by atoms with E-state index in [9.17, 15) is 9.59 Å². The van der Waals surface area contributed by atoms with Crippen LogP contribution in [-0.4, -0.2) is 16.8 Å². The van der Waals surface area contributed by atoms with Crippen molar-refractivity contribution in [1.29, 1.82) is 10.5 Å². The summed E-state index contributed by atoms with van der Waals surface area (Å²) in [5, 5.41) is 23.0. The van der Waals surface area contributed by atoms with E-state index in [-0.39, 0.29) is 11.3 Å². The van der Waals surface area contributed by atoms with Gasteiger partial charge in [0.1, 0.15) is 5.69 Å². The predicted molar refractivity (Wildman–Crippen MR) is 102 cm³/mol. The second-order valence-electron chi connectivity index (χ2n) is 5.72. The molecule has 2 aromatic carbocycles. The molecule has 134 valence electrons. The molecule has 0 saturated heterocycles. The zero-order valence-corrected chi connectivity index (χ0v) is 14.5. The highest BCUT2D eigenvalue weighted by Gasteiger charge is 2.12. The number of carbonyl (C=O) groups excluding carboxylic acids is 2. The Kier molecular flexibility index (Phi) is 5.40. The molecule has 0 radical (unpaired) electrons. The van der Waals surface area contributed by atoms with Gasteiger partial charge in [-0.15, -0.1) is 0 Å². The van der Waals surface area contributed by atoms with Crippen molar-refractivity contribution in [3.63, 3.8) is 0 Å². The number of pyridine rings is 1. The number of benzene rings is 2. The summed E-state index contributed by atoms with van der Waals surface area (Å²) in [6.45, 7) is 0. The van der Waals surface area contributed by atoms with Gasteiger partial charge in [-0.1, -0.05) is 0 Å². The van der Waals surface area contributed by atoms with Crippen molar-refractivity contribution in [3.05, 3.63) is 89.2 Å². The molecule has 0 aliphatic rings. The lowest BCUT2D eigenvalue weighted by Crippen LogP contribution is -2.17. The molecule has 0 bridgehead atoms. The maximum absolute atomic E-state index is 12.4. The molecule has 2 N–H and O–H groups in total. The Morgan fingerprint density at radius 1 is 0.750 bits per heavy atom. The summed E-state index contributed by atoms with van der Waals surface area (Å²) >= 11 is 0. The molecule has 7 heteroatoms. The summed E-state index contributed by atoms with van der Waals surface area (Å²) in [6.07, 6.45) is 1.38. The molecule has 28 heavy (non-hydrogen) atoms. The number of nitrogens with zero attached hydrogens (tertiary/aromatic N) is 3. The fraction of sp³-hybridized carbons (Fsp3) is 0. The van der Waals surface area contributed by atoms with Crippen LogP contribution in [0.2, 0.25) is 0 Å². The van der Waals surface area contributed by atoms with Crippen LogP contribution in [0.25, 0.3) is 0 Å². The number of hydrogen-bond donors (Lipinski definition) is 2. The molecule has 0 aliphatic heterocycles. The van der Waals surface area contributed by atoms with Crippen LogP contribution >= 0.6 is 0 Å². The summed E-state index contributed by atoms with van der Waals surface area (Å²) in [5.74, 6) is -0.878. The molecule has 0 fully saturated rings. The van der Waals surface area contributed by atoms with Crippen LogP contribution in [0.1, 0.15) is 32.0 Å². The highest BCUT2D eigenvalue weighted by molar-refractivity contribution is 6.07. The Balaban J connectivity index is 1.71. The number of amides is 2. The maximum Gasteiger partial charge on any atom is 0.274 e. The van der Waals surface area contributed by atoms with Gasteiger partial charge >= 0.3 is 0 Å². The number of anilines is 2. The molecule has 3 rings (SSSR count). The Labute approximate surface area is 160 Å². The first kappa shape index (κ1) is 18.3. The summed E-state index contributed by atoms with van der Waals surface area (Å²) in [7, 11) is 0. The zero-order valence-electron chi connectivity index (χ0n) is 14.5. The van der Waals surface area contributed by atoms with Crippen molar-refractivity contribution in [2.45, 2.75) is 0 Å². The quantitative estimate of drug-likeness (QED) is 0.733. The number of nitriles is 2. The van der Waals surface area contributed by atoms with Gasteiger partial charge in [-0.25, -0.2) is 0 Å². The lowest BCUT2D eigenvalue weighted by atomic mass is 10.2. The first-order valence-electron chi connectivity index (χ1n) is 8.18. The van der Waals surface area contributed by atoms with E-state index in [1.54, 1.807) is 48.5 Å². The highest BCUT2D eigenvalue weighted by atomic mass is 16.2. The van der Waals surface area contributed by atoms with Gasteiger partial charge in [-0.05, 0) is 60.7 Å². The molecule has 1 heterocycles. The van der Waals surface area contributed by atoms with Crippen molar-refractivity contribution in [3.8, 4) is 12.1 Å². The Bertz CT molecular complexity index is 1020. The lowest BCUT2D eigenvalue weighted by molar-refractivity contribution is 0.102. The molecular weight excluding hydrogens is 354 g/mol. The summed E-state index contributed by atoms with van der Waals surface area (Å²) in [5.41, 5.74) is 2.37. The third-order valence-electron chi connectivity index (χ3n) is 3.80. The minimum atomic E-state index is -0.474. The largest absolute Gasteiger partial charge is 0.322 e. The van der Waals surface area contributed by atoms with Gasteiger partial charge in [0.15, 0.2) is 0 Å². The number of rotatable bonds is 4. The van der Waals surface area contributed by atoms with Crippen LogP contribution in [0.3, 0.4) is 0 Å². The number of nitrogens with one attached hydrogen (secondary N) is 2. The van der Waals surface area contributed by atoms with Gasteiger partial charge in [0.25, 0.3) is 11.8 Å². The second-order valence-corrected chi connectivity index (χ2v) is 5.72. The van der Waals surface area contributed by atoms with Crippen molar-refractivity contribution < 1.29 is 9.59 Å². The molecule has 0 atom stereocenters. The predicted octanol–water partition coefficient (Wildman–Crippen LogP) is 3.33. The van der Waals surface area contributed by atoms with Crippen molar-refractivity contribution >= 4 is 23.2 Å². The van der Waals surface area contributed by atoms with Gasteiger partial charge in [0.2, 0.25) is 0 Å². The Hall–Kier alpha value is -4.49. The van der Waals surface area contributed by atoms with Gasteiger partial charge in [0.05, 0.1) is 23.3 Å². The highest BCUT2D eigenvalue weighted by Crippen LogP contribution is 2.13. The van der Waals surface area contributed by atoms with Crippen LogP contribution in [0.4, 0.5) is 11.4 Å². The van der Waals surface area contributed by atoms with Gasteiger partial charge in [0, 0.05) is 23.1 Å². The van der Waals surface area contributed by atoms with Crippen molar-refractivity contribution in [2.24, 2.45) is 0 Å². The van der Waals surface area contributed by atoms with E-state index in [1.807, 2.05) is 12.1 Å². The summed E-state index contributed by atoms with van der Waals surface area (Å²) in [6, 6.07) is 19.7. The lowest BCUT2D eigenvalue weighted by Gasteiger charge is -2.08. The third kappa shape index (κ3) is 4.37. The van der Waals surface area contributed by atoms with E-state index in [4.69, 9.17) is 10.5 Å². The van der Waals surface area contributed by atoms with Gasteiger partial charge in [-0.2, -0.15) is 10.5 Å². The average Bonchev–Trinajstić information content (AvgIpc) is 2.75. The number of carbonyl (C=O) groups is 2. The molecule has 1 aromatic heterocycles. The smallest absolute Gasteiger partial charge is 0.274 e. The molecule has 0 unspecified atom stereocenters. The van der Waals surface area contributed by atoms with Crippen LogP contribution in [0, 0.1) is 22.7 Å². The molecule has 0 spiro atoms. The number of aromatic nitrogens is 1. The van der Waals surface area contributed by atoms with E-state index in [2.05, 4.69) is 15.6 Å². The third-order valence-corrected chi connectivity index (χ3v) is 3.80. The minimum absolute atomic E-state index is 0.0804.